The highest BCUT2D eigenvalue weighted by molar-refractivity contribution is 5.58. The number of aromatic amines is 1. The van der Waals surface area contributed by atoms with Gasteiger partial charge in [-0.1, -0.05) is 0 Å². The number of rotatable bonds is 5. The van der Waals surface area contributed by atoms with E-state index in [0.717, 1.165) is 30.0 Å². The number of hydrogen-bond donors (Lipinski definition) is 3. The Labute approximate surface area is 106 Å². The van der Waals surface area contributed by atoms with Crippen LogP contribution in [0.5, 0.6) is 0 Å². The number of nitrogens with zero attached hydrogens (tertiary/aromatic N) is 2. The Balaban J connectivity index is 1.93. The molecule has 1 aromatic heterocycles. The van der Waals surface area contributed by atoms with E-state index in [1.165, 1.54) is 0 Å². The molecule has 0 fully saturated rings. The number of benzene rings is 1. The molecule has 92 valence electrons. The zero-order valence-electron chi connectivity index (χ0n) is 9.98. The van der Waals surface area contributed by atoms with Gasteiger partial charge in [0.05, 0.1) is 12.5 Å². The summed E-state index contributed by atoms with van der Waals surface area (Å²) in [5, 5.41) is 12.0. The van der Waals surface area contributed by atoms with Gasteiger partial charge in [0, 0.05) is 36.7 Å². The molecular weight excluding hydrogens is 226 g/mol. The monoisotopic (exact) mass is 241 g/mol. The second kappa shape index (κ2) is 5.73. The van der Waals surface area contributed by atoms with Gasteiger partial charge >= 0.3 is 0 Å². The lowest BCUT2D eigenvalue weighted by molar-refractivity contribution is 0.927. The molecule has 0 amide bonds. The number of nitrogen functional groups attached to an aromatic ring is 1. The number of nitrogens with one attached hydrogen (secondary N) is 2. The predicted molar refractivity (Wildman–Crippen MR) is 71.0 cm³/mol. The second-order valence-corrected chi connectivity index (χ2v) is 3.96. The van der Waals surface area contributed by atoms with Crippen molar-refractivity contribution in [1.29, 1.82) is 5.26 Å². The van der Waals surface area contributed by atoms with Crippen molar-refractivity contribution in [3.63, 3.8) is 0 Å². The van der Waals surface area contributed by atoms with Crippen LogP contribution in [-0.2, 0) is 12.8 Å². The minimum Gasteiger partial charge on any atom is -0.398 e. The highest BCUT2D eigenvalue weighted by atomic mass is 14.9. The van der Waals surface area contributed by atoms with Crippen LogP contribution >= 0.6 is 0 Å². The third-order valence-corrected chi connectivity index (χ3v) is 2.66. The smallest absolute Gasteiger partial charge is 0.107 e. The molecule has 2 aromatic rings. The van der Waals surface area contributed by atoms with Crippen LogP contribution in [-0.4, -0.2) is 16.5 Å². The van der Waals surface area contributed by atoms with Gasteiger partial charge in [0.15, 0.2) is 0 Å². The van der Waals surface area contributed by atoms with Gasteiger partial charge in [-0.3, -0.25) is 0 Å². The molecule has 18 heavy (non-hydrogen) atoms. The first-order valence-electron chi connectivity index (χ1n) is 5.77. The van der Waals surface area contributed by atoms with Crippen molar-refractivity contribution in [2.75, 3.05) is 17.6 Å². The van der Waals surface area contributed by atoms with Crippen molar-refractivity contribution >= 4 is 11.4 Å². The molecule has 1 aromatic carbocycles. The molecule has 5 heteroatoms. The van der Waals surface area contributed by atoms with Gasteiger partial charge in [-0.25, -0.2) is 4.98 Å². The van der Waals surface area contributed by atoms with Crippen LogP contribution in [0.1, 0.15) is 11.4 Å². The first-order chi connectivity index (χ1) is 8.79. The summed E-state index contributed by atoms with van der Waals surface area (Å²) in [7, 11) is 0. The summed E-state index contributed by atoms with van der Waals surface area (Å²) in [4.78, 5) is 7.20. The molecule has 0 aliphatic heterocycles. The van der Waals surface area contributed by atoms with Crippen LogP contribution in [0, 0.1) is 11.3 Å². The Kier molecular flexibility index (Phi) is 3.82. The maximum atomic E-state index is 8.70. The van der Waals surface area contributed by atoms with Crippen LogP contribution in [0.3, 0.4) is 0 Å². The molecule has 5 nitrogen and oxygen atoms in total. The first-order valence-corrected chi connectivity index (χ1v) is 5.77. The van der Waals surface area contributed by atoms with Crippen LogP contribution in [0.2, 0.25) is 0 Å². The lowest BCUT2D eigenvalue weighted by Crippen LogP contribution is -2.06. The molecule has 0 aliphatic rings. The standard InChI is InChI=1S/C13H15N5/c14-5-3-10-9-11(1-2-12(10)15)16-6-4-13-17-7-8-18-13/h1-2,7-9,16H,3-4,6,15H2,(H,17,18). The SMILES string of the molecule is N#CCc1cc(NCCc2ncc[nH]2)ccc1N. The molecular formula is C13H15N5. The maximum Gasteiger partial charge on any atom is 0.107 e. The van der Waals surface area contributed by atoms with Gasteiger partial charge < -0.3 is 16.0 Å². The van der Waals surface area contributed by atoms with Crippen molar-refractivity contribution in [2.24, 2.45) is 0 Å². The normalized spacial score (nSPS) is 9.94. The van der Waals surface area contributed by atoms with Gasteiger partial charge in [-0.15, -0.1) is 0 Å². The van der Waals surface area contributed by atoms with E-state index < -0.39 is 0 Å². The zero-order chi connectivity index (χ0) is 12.8. The number of aromatic nitrogens is 2. The number of hydrogen-bond acceptors (Lipinski definition) is 4. The summed E-state index contributed by atoms with van der Waals surface area (Å²) in [5.74, 6) is 0.954. The molecule has 1 heterocycles. The summed E-state index contributed by atoms with van der Waals surface area (Å²) in [6.45, 7) is 0.781. The number of nitrogens with two attached hydrogens (primary N) is 1. The van der Waals surface area contributed by atoms with Crippen LogP contribution in [0.4, 0.5) is 11.4 Å². The molecule has 0 unspecified atom stereocenters. The molecule has 0 saturated heterocycles. The number of nitriles is 1. The Morgan fingerprint density at radius 3 is 3.06 bits per heavy atom. The third kappa shape index (κ3) is 3.01. The second-order valence-electron chi connectivity index (χ2n) is 3.96. The maximum absolute atomic E-state index is 8.70. The molecule has 0 aliphatic carbocycles. The van der Waals surface area contributed by atoms with Gasteiger partial charge in [0.2, 0.25) is 0 Å². The minimum absolute atomic E-state index is 0.333. The summed E-state index contributed by atoms with van der Waals surface area (Å²) >= 11 is 0. The van der Waals surface area contributed by atoms with Gasteiger partial charge in [0.1, 0.15) is 5.82 Å². The Hall–Kier alpha value is -2.48. The fourth-order valence-corrected chi connectivity index (χ4v) is 1.71. The molecule has 0 saturated carbocycles. The average molecular weight is 241 g/mol. The van der Waals surface area contributed by atoms with Gasteiger partial charge in [0.25, 0.3) is 0 Å². The lowest BCUT2D eigenvalue weighted by atomic mass is 10.1. The topological polar surface area (TPSA) is 90.5 Å². The Morgan fingerprint density at radius 2 is 2.33 bits per heavy atom. The fraction of sp³-hybridized carbons (Fsp3) is 0.231. The van der Waals surface area contributed by atoms with Gasteiger partial charge in [-0.05, 0) is 23.8 Å². The number of imidazole rings is 1. The van der Waals surface area contributed by atoms with Gasteiger partial charge in [-0.2, -0.15) is 5.26 Å². The summed E-state index contributed by atoms with van der Waals surface area (Å²) in [5.41, 5.74) is 8.28. The van der Waals surface area contributed by atoms with Crippen LogP contribution in [0.15, 0.2) is 30.6 Å². The largest absolute Gasteiger partial charge is 0.398 e. The third-order valence-electron chi connectivity index (χ3n) is 2.66. The van der Waals surface area contributed by atoms with Crippen molar-refractivity contribution in [2.45, 2.75) is 12.8 Å². The number of H-pyrrole nitrogens is 1. The highest BCUT2D eigenvalue weighted by Crippen LogP contribution is 2.18. The molecule has 2 rings (SSSR count). The summed E-state index contributed by atoms with van der Waals surface area (Å²) < 4.78 is 0. The average Bonchev–Trinajstić information content (AvgIpc) is 2.87. The molecule has 0 radical (unpaired) electrons. The fourth-order valence-electron chi connectivity index (χ4n) is 1.71. The molecule has 0 atom stereocenters. The highest BCUT2D eigenvalue weighted by Gasteiger charge is 2.01. The lowest BCUT2D eigenvalue weighted by Gasteiger charge is -2.08. The quantitative estimate of drug-likeness (QED) is 0.695. The van der Waals surface area contributed by atoms with Crippen molar-refractivity contribution in [3.05, 3.63) is 42.0 Å². The Morgan fingerprint density at radius 1 is 1.44 bits per heavy atom. The summed E-state index contributed by atoms with van der Waals surface area (Å²) in [6.07, 6.45) is 4.71. The zero-order valence-corrected chi connectivity index (χ0v) is 9.98. The predicted octanol–water partition coefficient (Wildman–Crippen LogP) is 1.71. The van der Waals surface area contributed by atoms with E-state index in [1.807, 2.05) is 24.4 Å². The first kappa shape index (κ1) is 12.0. The van der Waals surface area contributed by atoms with E-state index in [4.69, 9.17) is 11.0 Å². The van der Waals surface area contributed by atoms with E-state index in [2.05, 4.69) is 21.4 Å². The van der Waals surface area contributed by atoms with Crippen molar-refractivity contribution in [3.8, 4) is 6.07 Å². The number of anilines is 2. The Bertz CT molecular complexity index is 539. The van der Waals surface area contributed by atoms with E-state index in [9.17, 15) is 0 Å². The minimum atomic E-state index is 0.333. The van der Waals surface area contributed by atoms with E-state index in [0.29, 0.717) is 12.1 Å². The van der Waals surface area contributed by atoms with E-state index in [-0.39, 0.29) is 0 Å². The molecule has 0 spiro atoms. The van der Waals surface area contributed by atoms with Crippen molar-refractivity contribution in [1.82, 2.24) is 9.97 Å². The molecule has 0 bridgehead atoms. The van der Waals surface area contributed by atoms with E-state index >= 15 is 0 Å². The summed E-state index contributed by atoms with van der Waals surface area (Å²) in [6, 6.07) is 7.76. The van der Waals surface area contributed by atoms with E-state index in [1.54, 1.807) is 6.20 Å². The van der Waals surface area contributed by atoms with Crippen LogP contribution in [0.25, 0.3) is 0 Å². The van der Waals surface area contributed by atoms with Crippen LogP contribution < -0.4 is 11.1 Å². The molecule has 4 N–H and O–H groups in total. The van der Waals surface area contributed by atoms with Crippen molar-refractivity contribution < 1.29 is 0 Å².